The highest BCUT2D eigenvalue weighted by atomic mass is 16.6. The van der Waals surface area contributed by atoms with Crippen molar-refractivity contribution in [3.8, 4) is 40.2 Å². The van der Waals surface area contributed by atoms with Gasteiger partial charge in [-0.1, -0.05) is 74.5 Å². The third kappa shape index (κ3) is 20.3. The number of carbonyl (C=O) groups excluding carboxylic acids is 6. The molecule has 22 nitrogen and oxygen atoms in total. The van der Waals surface area contributed by atoms with Crippen LogP contribution in [0.1, 0.15) is 200 Å². The summed E-state index contributed by atoms with van der Waals surface area (Å²) in [5.41, 5.74) is 9.56. The van der Waals surface area contributed by atoms with Gasteiger partial charge in [-0.2, -0.15) is 0 Å². The molecule has 0 spiro atoms. The van der Waals surface area contributed by atoms with Crippen LogP contribution in [0.2, 0.25) is 0 Å². The molecule has 8 atom stereocenters. The van der Waals surface area contributed by atoms with Crippen molar-refractivity contribution < 1.29 is 85.8 Å². The Kier molecular flexibility index (Phi) is 28.8. The molecule has 2 amide bonds. The maximum absolute atomic E-state index is 14.6. The Bertz CT molecular complexity index is 4340. The number of methoxy groups -OCH3 is 5. The zero-order valence-corrected chi connectivity index (χ0v) is 64.7. The van der Waals surface area contributed by atoms with Crippen LogP contribution in [-0.2, 0) is 60.6 Å². The van der Waals surface area contributed by atoms with E-state index in [1.54, 1.807) is 107 Å². The van der Waals surface area contributed by atoms with Crippen LogP contribution in [0.15, 0.2) is 127 Å². The van der Waals surface area contributed by atoms with Gasteiger partial charge in [-0.25, -0.2) is 19.2 Å². The molecule has 0 N–H and O–H groups in total. The van der Waals surface area contributed by atoms with E-state index in [0.29, 0.717) is 98.6 Å². The summed E-state index contributed by atoms with van der Waals surface area (Å²) in [5.74, 6) is -0.270. The lowest BCUT2D eigenvalue weighted by Crippen LogP contribution is -2.50. The molecule has 4 unspecified atom stereocenters. The largest absolute Gasteiger partial charge is 0.496 e. The average molecular weight is 1480 g/mol. The van der Waals surface area contributed by atoms with Gasteiger partial charge >= 0.3 is 23.9 Å². The first kappa shape index (κ1) is 81.4. The minimum Gasteiger partial charge on any atom is -0.496 e. The highest BCUT2D eigenvalue weighted by Crippen LogP contribution is 2.39. The highest BCUT2D eigenvalue weighted by Gasteiger charge is 2.40. The third-order valence-electron chi connectivity index (χ3n) is 20.8. The Morgan fingerprint density at radius 3 is 1.36 bits per heavy atom. The quantitative estimate of drug-likeness (QED) is 0.0157. The fraction of sp³-hybridized carbons (Fsp3) is 0.442. The molecule has 576 valence electrons. The van der Waals surface area contributed by atoms with Crippen molar-refractivity contribution in [1.82, 2.24) is 9.80 Å². The number of carbonyl (C=O) groups is 6. The van der Waals surface area contributed by atoms with Crippen molar-refractivity contribution in [3.05, 3.63) is 210 Å². The number of piperidine rings is 2. The van der Waals surface area contributed by atoms with E-state index in [1.807, 2.05) is 109 Å². The van der Waals surface area contributed by atoms with Gasteiger partial charge in [0.15, 0.2) is 24.7 Å². The molecule has 0 aliphatic carbocycles. The average Bonchev–Trinajstić information content (AvgIpc) is 0.819. The molecule has 0 aromatic heterocycles. The summed E-state index contributed by atoms with van der Waals surface area (Å²) in [4.78, 5) is 101. The standard InChI is InChI=1S/C86H103N3O19/c1-15-68(64-42-52(3)55(6)78(48-64)100-12)83(92)87-39-19-17-27-71(87)85(94)107-75(36-30-59-29-35-74(98-10)54(5)41-59)62-23-21-25-66(45-62)103-50-81(90)105-57(8)61-33-34-70(73(47-61)89(96)97)58(9)106-82(91)51-104-67-26-22-24-63(46-67)76(37-31-60-32-38-77(99-11)80(44-60)102-14)108-86(95)72-28-18-20-40-88(72)84(93)69(16-2)65-43-53(4)56(7)79(49-65)101-13/h21-26,29,32-35,38,41-49,57-58,68-69,71-72,75-76H,15-20,27-28,30-31,36-37,39-40,50-51H2,1-14H3/t57?,58?,68-,69-,71?,72?,75+,76+/m0/s1. The zero-order valence-electron chi connectivity index (χ0n) is 64.7. The predicted molar refractivity (Wildman–Crippen MR) is 407 cm³/mol. The number of aryl methyl sites for hydroxylation is 5. The van der Waals surface area contributed by atoms with E-state index < -0.39 is 90.3 Å². The summed E-state index contributed by atoms with van der Waals surface area (Å²) in [6.07, 6.45) is 2.67. The minimum atomic E-state index is -1.13. The lowest BCUT2D eigenvalue weighted by Gasteiger charge is -2.37. The van der Waals surface area contributed by atoms with Gasteiger partial charge in [0.1, 0.15) is 65.2 Å². The topological polar surface area (TPSA) is 254 Å². The smallest absolute Gasteiger partial charge is 0.344 e. The van der Waals surface area contributed by atoms with Gasteiger partial charge in [0.25, 0.3) is 5.69 Å². The molecular weight excluding hydrogens is 1380 g/mol. The van der Waals surface area contributed by atoms with Crippen LogP contribution in [0.3, 0.4) is 0 Å². The Balaban J connectivity index is 0.836. The van der Waals surface area contributed by atoms with Crippen LogP contribution in [0.25, 0.3) is 0 Å². The number of nitrogens with zero attached hydrogens (tertiary/aromatic N) is 3. The van der Waals surface area contributed by atoms with Gasteiger partial charge in [0, 0.05) is 19.2 Å². The molecule has 0 radical (unpaired) electrons. The molecule has 7 aromatic rings. The summed E-state index contributed by atoms with van der Waals surface area (Å²) in [6, 6.07) is 35.6. The number of nitro benzene ring substituents is 1. The fourth-order valence-corrected chi connectivity index (χ4v) is 14.5. The van der Waals surface area contributed by atoms with Crippen LogP contribution in [0.5, 0.6) is 40.2 Å². The van der Waals surface area contributed by atoms with E-state index >= 15 is 0 Å². The van der Waals surface area contributed by atoms with E-state index in [-0.39, 0.29) is 40.1 Å². The van der Waals surface area contributed by atoms with Gasteiger partial charge < -0.3 is 61.9 Å². The van der Waals surface area contributed by atoms with Gasteiger partial charge in [-0.3, -0.25) is 19.7 Å². The zero-order chi connectivity index (χ0) is 77.9. The second kappa shape index (κ2) is 38.2. The summed E-state index contributed by atoms with van der Waals surface area (Å²) < 4.78 is 64.4. The minimum absolute atomic E-state index is 0.0706. The summed E-state index contributed by atoms with van der Waals surface area (Å²) in [5, 5.41) is 12.7. The second-order valence-corrected chi connectivity index (χ2v) is 27.8. The van der Waals surface area contributed by atoms with Crippen LogP contribution >= 0.6 is 0 Å². The van der Waals surface area contributed by atoms with Gasteiger partial charge in [-0.05, 0) is 253 Å². The number of nitro groups is 1. The maximum atomic E-state index is 14.6. The fourth-order valence-electron chi connectivity index (χ4n) is 14.5. The molecular formula is C86H103N3O19. The Hall–Kier alpha value is -10.6. The predicted octanol–water partition coefficient (Wildman–Crippen LogP) is 16.1. The highest BCUT2D eigenvalue weighted by molar-refractivity contribution is 5.90. The molecule has 0 bridgehead atoms. The van der Waals surface area contributed by atoms with Gasteiger partial charge in [0.2, 0.25) is 11.8 Å². The van der Waals surface area contributed by atoms with Gasteiger partial charge in [0.05, 0.1) is 57.9 Å². The summed E-state index contributed by atoms with van der Waals surface area (Å²) >= 11 is 0. The molecule has 2 saturated heterocycles. The number of likely N-dealkylation sites (tertiary alicyclic amines) is 2. The van der Waals surface area contributed by atoms with E-state index in [4.69, 9.17) is 52.1 Å². The van der Waals surface area contributed by atoms with Crippen LogP contribution in [0.4, 0.5) is 5.69 Å². The van der Waals surface area contributed by atoms with E-state index in [2.05, 4.69) is 0 Å². The first-order valence-electron chi connectivity index (χ1n) is 37.2. The van der Waals surface area contributed by atoms with Crippen molar-refractivity contribution in [1.29, 1.82) is 0 Å². The number of rotatable bonds is 34. The van der Waals surface area contributed by atoms with E-state index in [1.165, 1.54) is 19.1 Å². The van der Waals surface area contributed by atoms with Crippen molar-refractivity contribution in [2.24, 2.45) is 0 Å². The number of benzene rings is 7. The molecule has 2 heterocycles. The molecule has 108 heavy (non-hydrogen) atoms. The third-order valence-corrected chi connectivity index (χ3v) is 20.8. The normalized spacial score (nSPS) is 15.9. The summed E-state index contributed by atoms with van der Waals surface area (Å²) in [7, 11) is 7.94. The van der Waals surface area contributed by atoms with Gasteiger partial charge in [-0.15, -0.1) is 0 Å². The lowest BCUT2D eigenvalue weighted by atomic mass is 9.90. The van der Waals surface area contributed by atoms with Crippen molar-refractivity contribution in [3.63, 3.8) is 0 Å². The van der Waals surface area contributed by atoms with Crippen LogP contribution in [0, 0.1) is 44.7 Å². The molecule has 9 rings (SSSR count). The monoisotopic (exact) mass is 1480 g/mol. The van der Waals surface area contributed by atoms with Crippen molar-refractivity contribution in [2.75, 3.05) is 61.9 Å². The first-order chi connectivity index (χ1) is 51.9. The molecule has 2 fully saturated rings. The number of amides is 2. The first-order valence-corrected chi connectivity index (χ1v) is 37.2. The number of hydrogen-bond donors (Lipinski definition) is 0. The SMILES string of the molecule is CC[C@H](C(=O)N1CCCCC1C(=O)O[C@H](CCc1ccc(OC)c(C)c1)c1cccc(OCC(=O)OC(C)c2ccc(C(C)OC(=O)COc3cccc([C@@H](CCc4ccc(OC)c(OC)c4)OC(=O)C4CCCCN4C(=O)[C@@H](CC)c4cc(C)c(C)c(OC)c4)c3)c([N+](=O)[O-])c2)c1)c1cc(C)c(C)c(OC)c1. The molecule has 0 saturated carbocycles. The van der Waals surface area contributed by atoms with Crippen molar-refractivity contribution in [2.45, 2.75) is 188 Å². The Morgan fingerprint density at radius 2 is 0.917 bits per heavy atom. The van der Waals surface area contributed by atoms with Crippen molar-refractivity contribution >= 4 is 41.4 Å². The number of hydrogen-bond acceptors (Lipinski definition) is 19. The maximum Gasteiger partial charge on any atom is 0.344 e. The second-order valence-electron chi connectivity index (χ2n) is 27.8. The lowest BCUT2D eigenvalue weighted by molar-refractivity contribution is -0.386. The van der Waals surface area contributed by atoms with E-state index in [0.717, 1.165) is 81.5 Å². The molecule has 7 aromatic carbocycles. The summed E-state index contributed by atoms with van der Waals surface area (Å²) in [6.45, 7) is 16.5. The Morgan fingerprint density at radius 1 is 0.463 bits per heavy atom. The Labute approximate surface area is 633 Å². The molecule has 22 heteroatoms. The number of esters is 4. The van der Waals surface area contributed by atoms with Crippen LogP contribution < -0.4 is 33.2 Å². The van der Waals surface area contributed by atoms with E-state index in [9.17, 15) is 38.9 Å². The molecule has 2 aliphatic heterocycles. The molecule has 2 aliphatic rings. The number of ether oxygens (including phenoxy) is 11. The van der Waals surface area contributed by atoms with Crippen LogP contribution in [-0.4, -0.2) is 124 Å².